The first-order valence-electron chi connectivity index (χ1n) is 12.4. The molecule has 0 bridgehead atoms. The lowest BCUT2D eigenvalue weighted by molar-refractivity contribution is -0.132. The van der Waals surface area contributed by atoms with E-state index in [0.29, 0.717) is 24.6 Å². The van der Waals surface area contributed by atoms with Crippen molar-refractivity contribution in [1.29, 1.82) is 0 Å². The van der Waals surface area contributed by atoms with Crippen LogP contribution >= 0.6 is 0 Å². The molecule has 0 saturated carbocycles. The molecule has 2 aliphatic rings. The molecular formula is C27H33N5O2. The number of rotatable bonds is 6. The summed E-state index contributed by atoms with van der Waals surface area (Å²) >= 11 is 0. The van der Waals surface area contributed by atoms with Gasteiger partial charge in [0.25, 0.3) is 0 Å². The molecule has 2 saturated heterocycles. The highest BCUT2D eigenvalue weighted by atomic mass is 16.5. The summed E-state index contributed by atoms with van der Waals surface area (Å²) in [7, 11) is 0. The van der Waals surface area contributed by atoms with E-state index in [4.69, 9.17) is 4.52 Å². The second-order valence-corrected chi connectivity index (χ2v) is 9.47. The Morgan fingerprint density at radius 3 is 2.56 bits per heavy atom. The number of piperazine rings is 1. The van der Waals surface area contributed by atoms with Crippen LogP contribution in [-0.2, 0) is 11.2 Å². The van der Waals surface area contributed by atoms with Gasteiger partial charge in [0, 0.05) is 68.5 Å². The second-order valence-electron chi connectivity index (χ2n) is 9.47. The van der Waals surface area contributed by atoms with Gasteiger partial charge in [-0.1, -0.05) is 17.3 Å². The minimum atomic E-state index is 0.144. The minimum Gasteiger partial charge on any atom is -0.372 e. The van der Waals surface area contributed by atoms with Gasteiger partial charge in [-0.3, -0.25) is 4.79 Å². The van der Waals surface area contributed by atoms with Crippen LogP contribution in [0.4, 0.5) is 11.4 Å². The molecule has 1 atom stereocenters. The van der Waals surface area contributed by atoms with Crippen LogP contribution in [0.15, 0.2) is 53.1 Å². The monoisotopic (exact) mass is 459 g/mol. The van der Waals surface area contributed by atoms with Crippen LogP contribution in [0.25, 0.3) is 11.4 Å². The summed E-state index contributed by atoms with van der Waals surface area (Å²) in [6, 6.07) is 17.2. The fourth-order valence-electron chi connectivity index (χ4n) is 5.02. The number of aromatic nitrogens is 2. The molecule has 3 aromatic rings. The Balaban J connectivity index is 1.14. The van der Waals surface area contributed by atoms with Crippen molar-refractivity contribution in [3.05, 3.63) is 60.0 Å². The highest BCUT2D eigenvalue weighted by Crippen LogP contribution is 2.25. The zero-order valence-electron chi connectivity index (χ0n) is 20.1. The smallest absolute Gasteiger partial charge is 0.227 e. The number of benzene rings is 2. The van der Waals surface area contributed by atoms with Crippen molar-refractivity contribution < 1.29 is 9.32 Å². The van der Waals surface area contributed by atoms with E-state index in [-0.39, 0.29) is 11.9 Å². The molecule has 1 amide bonds. The Morgan fingerprint density at radius 1 is 1.03 bits per heavy atom. The molecule has 0 radical (unpaired) electrons. The largest absolute Gasteiger partial charge is 0.372 e. The van der Waals surface area contributed by atoms with Crippen molar-refractivity contribution in [3.8, 4) is 11.4 Å². The van der Waals surface area contributed by atoms with Crippen LogP contribution in [0.1, 0.15) is 37.6 Å². The molecule has 1 aromatic heterocycles. The number of carbonyl (C=O) groups excluding carboxylic acids is 1. The van der Waals surface area contributed by atoms with E-state index in [1.54, 1.807) is 0 Å². The zero-order chi connectivity index (χ0) is 23.5. The standard InChI is InChI=1S/C27H33N5O2/c1-20-6-5-7-24(18-20)32-17-16-31(19-21(32)2)26(33)13-12-25-28-27(29-34-25)22-8-10-23(11-9-22)30-14-3-4-15-30/h5-11,18,21H,3-4,12-17,19H2,1-2H3. The van der Waals surface area contributed by atoms with Crippen LogP contribution in [0.3, 0.4) is 0 Å². The van der Waals surface area contributed by atoms with Crippen LogP contribution in [0, 0.1) is 6.92 Å². The van der Waals surface area contributed by atoms with E-state index >= 15 is 0 Å². The number of hydrogen-bond acceptors (Lipinski definition) is 6. The SMILES string of the molecule is Cc1cccc(N2CCN(C(=O)CCc3nc(-c4ccc(N5CCCC5)cc4)no3)CC2C)c1. The van der Waals surface area contributed by atoms with Crippen molar-refractivity contribution in [1.82, 2.24) is 15.0 Å². The molecular weight excluding hydrogens is 426 g/mol. The zero-order valence-corrected chi connectivity index (χ0v) is 20.1. The lowest BCUT2D eigenvalue weighted by Gasteiger charge is -2.41. The Hall–Kier alpha value is -3.35. The molecule has 7 heteroatoms. The van der Waals surface area contributed by atoms with Crippen LogP contribution < -0.4 is 9.80 Å². The maximum atomic E-state index is 12.9. The minimum absolute atomic E-state index is 0.144. The van der Waals surface area contributed by atoms with Gasteiger partial charge in [-0.25, -0.2) is 0 Å². The van der Waals surface area contributed by atoms with E-state index < -0.39 is 0 Å². The maximum Gasteiger partial charge on any atom is 0.227 e. The van der Waals surface area contributed by atoms with Crippen molar-refractivity contribution in [2.45, 2.75) is 45.6 Å². The number of aryl methyl sites for hydroxylation is 2. The van der Waals surface area contributed by atoms with Gasteiger partial charge in [-0.15, -0.1) is 0 Å². The fraction of sp³-hybridized carbons (Fsp3) is 0.444. The lowest BCUT2D eigenvalue weighted by Crippen LogP contribution is -2.53. The van der Waals surface area contributed by atoms with Crippen LogP contribution in [0.5, 0.6) is 0 Å². The summed E-state index contributed by atoms with van der Waals surface area (Å²) in [5.41, 5.74) is 4.66. The van der Waals surface area contributed by atoms with E-state index in [0.717, 1.165) is 38.3 Å². The van der Waals surface area contributed by atoms with Gasteiger partial charge < -0.3 is 19.2 Å². The summed E-state index contributed by atoms with van der Waals surface area (Å²) in [4.78, 5) is 24.1. The molecule has 3 heterocycles. The predicted octanol–water partition coefficient (Wildman–Crippen LogP) is 4.32. The summed E-state index contributed by atoms with van der Waals surface area (Å²) in [6.07, 6.45) is 3.36. The number of amides is 1. The molecule has 2 aliphatic heterocycles. The first-order valence-corrected chi connectivity index (χ1v) is 12.4. The molecule has 2 fully saturated rings. The van der Waals surface area contributed by atoms with Crippen LogP contribution in [0.2, 0.25) is 0 Å². The van der Waals surface area contributed by atoms with Gasteiger partial charge in [0.1, 0.15) is 0 Å². The van der Waals surface area contributed by atoms with Gasteiger partial charge >= 0.3 is 0 Å². The van der Waals surface area contributed by atoms with E-state index in [1.807, 2.05) is 17.0 Å². The normalized spacial score (nSPS) is 18.5. The lowest BCUT2D eigenvalue weighted by atomic mass is 10.1. The Labute approximate surface area is 201 Å². The fourth-order valence-corrected chi connectivity index (χ4v) is 5.02. The third-order valence-electron chi connectivity index (χ3n) is 6.93. The number of hydrogen-bond donors (Lipinski definition) is 0. The average Bonchev–Trinajstić information content (AvgIpc) is 3.55. The van der Waals surface area contributed by atoms with Crippen LogP contribution in [-0.4, -0.2) is 59.7 Å². The number of carbonyl (C=O) groups is 1. The highest BCUT2D eigenvalue weighted by molar-refractivity contribution is 5.77. The summed E-state index contributed by atoms with van der Waals surface area (Å²) in [6.45, 7) is 8.84. The first-order chi connectivity index (χ1) is 16.6. The molecule has 178 valence electrons. The van der Waals surface area contributed by atoms with Crippen molar-refractivity contribution in [2.75, 3.05) is 42.5 Å². The predicted molar refractivity (Wildman–Crippen MR) is 134 cm³/mol. The van der Waals surface area contributed by atoms with Gasteiger partial charge in [0.15, 0.2) is 0 Å². The van der Waals surface area contributed by atoms with E-state index in [9.17, 15) is 4.79 Å². The summed E-state index contributed by atoms with van der Waals surface area (Å²) in [5.74, 6) is 1.24. The molecule has 0 spiro atoms. The van der Waals surface area contributed by atoms with Gasteiger partial charge in [0.05, 0.1) is 0 Å². The number of nitrogens with zero attached hydrogens (tertiary/aromatic N) is 5. The maximum absolute atomic E-state index is 12.9. The molecule has 5 rings (SSSR count). The molecule has 0 aliphatic carbocycles. The Morgan fingerprint density at radius 2 is 1.82 bits per heavy atom. The molecule has 0 N–H and O–H groups in total. The quantitative estimate of drug-likeness (QED) is 0.547. The van der Waals surface area contributed by atoms with Crippen molar-refractivity contribution in [2.24, 2.45) is 0 Å². The summed E-state index contributed by atoms with van der Waals surface area (Å²) in [5, 5.41) is 4.14. The summed E-state index contributed by atoms with van der Waals surface area (Å²) < 4.78 is 5.44. The molecule has 1 unspecified atom stereocenters. The molecule has 34 heavy (non-hydrogen) atoms. The van der Waals surface area contributed by atoms with Crippen molar-refractivity contribution >= 4 is 17.3 Å². The van der Waals surface area contributed by atoms with Crippen molar-refractivity contribution in [3.63, 3.8) is 0 Å². The molecule has 2 aromatic carbocycles. The van der Waals surface area contributed by atoms with Gasteiger partial charge in [-0.2, -0.15) is 4.98 Å². The molecule has 7 nitrogen and oxygen atoms in total. The Bertz CT molecular complexity index is 1120. The number of anilines is 2. The van der Waals surface area contributed by atoms with Gasteiger partial charge in [-0.05, 0) is 68.7 Å². The third kappa shape index (κ3) is 4.93. The third-order valence-corrected chi connectivity index (χ3v) is 6.93. The average molecular weight is 460 g/mol. The topological polar surface area (TPSA) is 65.7 Å². The van der Waals surface area contributed by atoms with Gasteiger partial charge in [0.2, 0.25) is 17.6 Å². The van der Waals surface area contributed by atoms with E-state index in [2.05, 4.69) is 70.2 Å². The first kappa shape index (κ1) is 22.4. The van der Waals surface area contributed by atoms with E-state index in [1.165, 1.54) is 29.8 Å². The highest BCUT2D eigenvalue weighted by Gasteiger charge is 2.27. The second kappa shape index (κ2) is 9.87. The Kier molecular flexibility index (Phi) is 6.52.